The maximum Gasteiger partial charge on any atom is 0.418 e. The lowest BCUT2D eigenvalue weighted by Gasteiger charge is -2.11. The first-order valence-electron chi connectivity index (χ1n) is 12.1. The zero-order valence-electron chi connectivity index (χ0n) is 20.7. The molecule has 0 unspecified atom stereocenters. The van der Waals surface area contributed by atoms with Crippen molar-refractivity contribution in [2.45, 2.75) is 19.6 Å². The quantitative estimate of drug-likeness (QED) is 0.197. The molecule has 4 aromatic carbocycles. The van der Waals surface area contributed by atoms with Crippen LogP contribution in [-0.2, 0) is 12.7 Å². The van der Waals surface area contributed by atoms with Crippen LogP contribution < -0.4 is 0 Å². The van der Waals surface area contributed by atoms with Crippen LogP contribution in [0.4, 0.5) is 26.3 Å². The Hall–Kier alpha value is -4.05. The average Bonchev–Trinajstić information content (AvgIpc) is 3.46. The zero-order valence-corrected chi connectivity index (χ0v) is 22.3. The third kappa shape index (κ3) is 4.56. The molecule has 0 amide bonds. The monoisotopic (exact) mass is 613 g/mol. The maximum absolute atomic E-state index is 14.6. The van der Waals surface area contributed by atoms with Gasteiger partial charge in [0, 0.05) is 49.7 Å². The fourth-order valence-corrected chi connectivity index (χ4v) is 5.28. The van der Waals surface area contributed by atoms with Crippen molar-refractivity contribution in [1.29, 1.82) is 0 Å². The summed E-state index contributed by atoms with van der Waals surface area (Å²) in [6.07, 6.45) is -4.71. The summed E-state index contributed by atoms with van der Waals surface area (Å²) in [5.74, 6) is -3.42. The Morgan fingerprint density at radius 1 is 0.875 bits per heavy atom. The molecule has 2 heterocycles. The fraction of sp³-hybridized carbons (Fsp3) is 0.100. The molecule has 0 aliphatic rings. The summed E-state index contributed by atoms with van der Waals surface area (Å²) >= 11 is 3.53. The molecule has 202 valence electrons. The number of hydrogen-bond acceptors (Lipinski definition) is 1. The van der Waals surface area contributed by atoms with Gasteiger partial charge in [-0.2, -0.15) is 18.3 Å². The van der Waals surface area contributed by atoms with Gasteiger partial charge in [0.2, 0.25) is 0 Å². The van der Waals surface area contributed by atoms with Crippen LogP contribution in [0.25, 0.3) is 44.3 Å². The molecule has 6 aromatic rings. The molecule has 0 saturated carbocycles. The van der Waals surface area contributed by atoms with Gasteiger partial charge in [-0.15, -0.1) is 0 Å². The number of hydrogen-bond donors (Lipinski definition) is 1. The van der Waals surface area contributed by atoms with E-state index in [1.807, 2.05) is 31.2 Å². The number of nitrogens with zero attached hydrogens (tertiary/aromatic N) is 2. The fourth-order valence-electron chi connectivity index (χ4n) is 4.92. The molecule has 0 atom stereocenters. The van der Waals surface area contributed by atoms with E-state index in [1.165, 1.54) is 12.1 Å². The lowest BCUT2D eigenvalue weighted by Crippen LogP contribution is -2.09. The molecular weight excluding hydrogens is 596 g/mol. The average molecular weight is 614 g/mol. The van der Waals surface area contributed by atoms with Gasteiger partial charge >= 0.3 is 6.18 Å². The topological polar surface area (TPSA) is 33.6 Å². The van der Waals surface area contributed by atoms with Crippen molar-refractivity contribution >= 4 is 37.7 Å². The van der Waals surface area contributed by atoms with E-state index in [1.54, 1.807) is 18.2 Å². The summed E-state index contributed by atoms with van der Waals surface area (Å²) in [4.78, 5) is 3.37. The van der Waals surface area contributed by atoms with Gasteiger partial charge in [0.15, 0.2) is 0 Å². The summed E-state index contributed by atoms with van der Waals surface area (Å²) in [5.41, 5.74) is 2.35. The third-order valence-electron chi connectivity index (χ3n) is 6.84. The van der Waals surface area contributed by atoms with Crippen molar-refractivity contribution in [1.82, 2.24) is 14.8 Å². The second-order valence-electron chi connectivity index (χ2n) is 9.51. The number of halogens is 7. The van der Waals surface area contributed by atoms with Crippen LogP contribution >= 0.6 is 15.9 Å². The predicted molar refractivity (Wildman–Crippen MR) is 145 cm³/mol. The Kier molecular flexibility index (Phi) is 6.25. The third-order valence-corrected chi connectivity index (χ3v) is 7.69. The lowest BCUT2D eigenvalue weighted by molar-refractivity contribution is -0.136. The molecule has 40 heavy (non-hydrogen) atoms. The van der Waals surface area contributed by atoms with Crippen LogP contribution in [-0.4, -0.2) is 14.8 Å². The molecule has 2 aromatic heterocycles. The Labute approximate surface area is 232 Å². The Bertz CT molecular complexity index is 1870. The van der Waals surface area contributed by atoms with E-state index in [4.69, 9.17) is 0 Å². The summed E-state index contributed by atoms with van der Waals surface area (Å²) < 4.78 is 86.5. The van der Waals surface area contributed by atoms with Gasteiger partial charge in [-0.3, -0.25) is 4.68 Å². The SMILES string of the molecule is Cc1cc2[nH]c(-c3cccc(-c4c5cccc(C(F)(F)F)c5nn4Cc4c(F)cc(F)cc4F)c3)cc2cc1Br. The minimum atomic E-state index is -4.71. The Morgan fingerprint density at radius 2 is 1.57 bits per heavy atom. The van der Waals surface area contributed by atoms with Crippen LogP contribution in [0.2, 0.25) is 0 Å². The van der Waals surface area contributed by atoms with Crippen LogP contribution in [0.1, 0.15) is 16.7 Å². The van der Waals surface area contributed by atoms with Crippen LogP contribution in [0, 0.1) is 24.4 Å². The highest BCUT2D eigenvalue weighted by Gasteiger charge is 2.34. The Balaban J connectivity index is 1.55. The van der Waals surface area contributed by atoms with E-state index in [9.17, 15) is 26.3 Å². The van der Waals surface area contributed by atoms with Crippen LogP contribution in [0.3, 0.4) is 0 Å². The number of alkyl halides is 3. The predicted octanol–water partition coefficient (Wildman–Crippen LogP) is 9.41. The molecule has 0 aliphatic heterocycles. The number of aromatic amines is 1. The molecule has 0 saturated heterocycles. The minimum Gasteiger partial charge on any atom is -0.355 e. The normalized spacial score (nSPS) is 12.1. The molecule has 0 radical (unpaired) electrons. The molecular formula is C30H18BrF6N3. The largest absolute Gasteiger partial charge is 0.418 e. The van der Waals surface area contributed by atoms with Gasteiger partial charge in [-0.05, 0) is 48.4 Å². The number of aryl methyl sites for hydroxylation is 1. The summed E-state index contributed by atoms with van der Waals surface area (Å²) in [6.45, 7) is 1.42. The van der Waals surface area contributed by atoms with E-state index in [0.717, 1.165) is 42.9 Å². The molecule has 0 bridgehead atoms. The zero-order chi connectivity index (χ0) is 28.3. The number of rotatable bonds is 4. The van der Waals surface area contributed by atoms with Crippen molar-refractivity contribution in [3.05, 3.63) is 111 Å². The standard InChI is InChI=1S/C30H18BrF6N3/c1-15-8-26-18(10-23(15)31)11-27(38-26)16-4-2-5-17(9-16)29-20-6-3-7-22(30(35,36)37)28(20)39-40(29)14-21-24(33)12-19(32)13-25(21)34/h2-13,38H,14H2,1H3. The molecule has 1 N–H and O–H groups in total. The van der Waals surface area contributed by atoms with E-state index >= 15 is 0 Å². The smallest absolute Gasteiger partial charge is 0.355 e. The summed E-state index contributed by atoms with van der Waals surface area (Å²) in [5, 5.41) is 5.29. The van der Waals surface area contributed by atoms with Crippen molar-refractivity contribution in [2.75, 3.05) is 0 Å². The molecule has 10 heteroatoms. The summed E-state index contributed by atoms with van der Waals surface area (Å²) in [7, 11) is 0. The second kappa shape index (κ2) is 9.55. The van der Waals surface area contributed by atoms with Gasteiger partial charge in [0.05, 0.1) is 17.8 Å². The first kappa shape index (κ1) is 26.2. The number of H-pyrrole nitrogens is 1. The van der Waals surface area contributed by atoms with Crippen molar-refractivity contribution < 1.29 is 26.3 Å². The van der Waals surface area contributed by atoms with Crippen molar-refractivity contribution in [3.63, 3.8) is 0 Å². The molecule has 6 rings (SSSR count). The highest BCUT2D eigenvalue weighted by atomic mass is 79.9. The van der Waals surface area contributed by atoms with Crippen LogP contribution in [0.15, 0.2) is 77.3 Å². The number of nitrogens with one attached hydrogen (secondary N) is 1. The van der Waals surface area contributed by atoms with E-state index in [-0.39, 0.29) is 16.6 Å². The first-order chi connectivity index (χ1) is 19.0. The number of aromatic nitrogens is 3. The number of fused-ring (bicyclic) bond motifs is 2. The van der Waals surface area contributed by atoms with Crippen molar-refractivity contribution in [3.8, 4) is 22.5 Å². The lowest BCUT2D eigenvalue weighted by atomic mass is 10.0. The molecule has 0 fully saturated rings. The van der Waals surface area contributed by atoms with Gasteiger partial charge in [-0.1, -0.05) is 46.3 Å². The van der Waals surface area contributed by atoms with Gasteiger partial charge < -0.3 is 4.98 Å². The Morgan fingerprint density at radius 3 is 2.30 bits per heavy atom. The highest BCUT2D eigenvalue weighted by Crippen LogP contribution is 2.39. The maximum atomic E-state index is 14.6. The van der Waals surface area contributed by atoms with E-state index < -0.39 is 41.3 Å². The van der Waals surface area contributed by atoms with Gasteiger partial charge in [0.25, 0.3) is 0 Å². The van der Waals surface area contributed by atoms with Crippen molar-refractivity contribution in [2.24, 2.45) is 0 Å². The molecule has 0 spiro atoms. The van der Waals surface area contributed by atoms with E-state index in [0.29, 0.717) is 17.7 Å². The highest BCUT2D eigenvalue weighted by molar-refractivity contribution is 9.10. The second-order valence-corrected chi connectivity index (χ2v) is 10.4. The first-order valence-corrected chi connectivity index (χ1v) is 12.9. The molecule has 3 nitrogen and oxygen atoms in total. The molecule has 0 aliphatic carbocycles. The van der Waals surface area contributed by atoms with Gasteiger partial charge in [0.1, 0.15) is 23.0 Å². The summed E-state index contributed by atoms with van der Waals surface area (Å²) in [6, 6.07) is 17.7. The van der Waals surface area contributed by atoms with Crippen LogP contribution in [0.5, 0.6) is 0 Å². The van der Waals surface area contributed by atoms with E-state index in [2.05, 4.69) is 26.0 Å². The van der Waals surface area contributed by atoms with Gasteiger partial charge in [-0.25, -0.2) is 13.2 Å². The number of benzene rings is 4. The minimum absolute atomic E-state index is 0.158.